The van der Waals surface area contributed by atoms with Gasteiger partial charge in [0.2, 0.25) is 5.91 Å². The van der Waals surface area contributed by atoms with Gasteiger partial charge in [-0.25, -0.2) is 4.79 Å². The van der Waals surface area contributed by atoms with Crippen molar-refractivity contribution in [2.45, 2.75) is 40.0 Å². The molecule has 32 heavy (non-hydrogen) atoms. The van der Waals surface area contributed by atoms with Gasteiger partial charge >= 0.3 is 5.97 Å². The highest BCUT2D eigenvalue weighted by atomic mass is 79.9. The number of halogens is 3. The molecule has 2 bridgehead atoms. The van der Waals surface area contributed by atoms with Crippen LogP contribution in [0.5, 0.6) is 0 Å². The van der Waals surface area contributed by atoms with Crippen molar-refractivity contribution in [1.82, 2.24) is 0 Å². The fourth-order valence-corrected chi connectivity index (χ4v) is 5.91. The van der Waals surface area contributed by atoms with Gasteiger partial charge in [0.1, 0.15) is 0 Å². The maximum absolute atomic E-state index is 13.6. The Kier molecular flexibility index (Phi) is 5.93. The molecule has 168 valence electrons. The Balaban J connectivity index is 1.62. The summed E-state index contributed by atoms with van der Waals surface area (Å²) < 4.78 is 0.638. The van der Waals surface area contributed by atoms with Gasteiger partial charge in [-0.1, -0.05) is 61.3 Å². The normalized spacial score (nSPS) is 26.9. The number of nitrogens with one attached hydrogen (secondary N) is 1. The van der Waals surface area contributed by atoms with Crippen LogP contribution in [-0.2, 0) is 9.63 Å². The van der Waals surface area contributed by atoms with Crippen LogP contribution in [0.3, 0.4) is 0 Å². The van der Waals surface area contributed by atoms with E-state index in [1.54, 1.807) is 36.4 Å². The predicted octanol–water partition coefficient (Wildman–Crippen LogP) is 7.12. The van der Waals surface area contributed by atoms with Gasteiger partial charge in [0.05, 0.1) is 27.4 Å². The van der Waals surface area contributed by atoms with Crippen molar-refractivity contribution in [3.8, 4) is 0 Å². The molecule has 0 saturated heterocycles. The minimum Gasteiger partial charge on any atom is -0.324 e. The van der Waals surface area contributed by atoms with E-state index in [1.807, 2.05) is 6.07 Å². The third-order valence-corrected chi connectivity index (χ3v) is 8.93. The van der Waals surface area contributed by atoms with Gasteiger partial charge in [0, 0.05) is 21.3 Å². The first-order chi connectivity index (χ1) is 15.0. The number of carbonyl (C=O) groups is 2. The van der Waals surface area contributed by atoms with Crippen molar-refractivity contribution in [3.05, 3.63) is 62.5 Å². The first-order valence-corrected chi connectivity index (χ1v) is 11.9. The Morgan fingerprint density at radius 1 is 1.09 bits per heavy atom. The second-order valence-corrected chi connectivity index (χ2v) is 10.9. The number of hydrogen-bond donors (Lipinski definition) is 1. The minimum atomic E-state index is -0.702. The summed E-state index contributed by atoms with van der Waals surface area (Å²) in [7, 11) is 0. The number of benzene rings is 2. The molecule has 2 aliphatic rings. The lowest BCUT2D eigenvalue weighted by Crippen LogP contribution is -2.43. The Labute approximate surface area is 205 Å². The fourth-order valence-electron chi connectivity index (χ4n) is 5.13. The molecular formula is C24H23BrCl2N2O3. The van der Waals surface area contributed by atoms with Gasteiger partial charge < -0.3 is 10.2 Å². The number of fused-ring (bicyclic) bond motifs is 2. The summed E-state index contributed by atoms with van der Waals surface area (Å²) in [4.78, 5) is 31.5. The third kappa shape index (κ3) is 3.47. The largest absolute Gasteiger partial charge is 0.366 e. The van der Waals surface area contributed by atoms with E-state index in [2.05, 4.69) is 47.2 Å². The molecule has 0 heterocycles. The molecule has 1 amide bonds. The van der Waals surface area contributed by atoms with Crippen molar-refractivity contribution < 1.29 is 14.4 Å². The molecule has 2 aromatic rings. The smallest absolute Gasteiger partial charge is 0.324 e. The molecule has 8 heteroatoms. The topological polar surface area (TPSA) is 67.8 Å². The van der Waals surface area contributed by atoms with Gasteiger partial charge in [-0.2, -0.15) is 0 Å². The maximum Gasteiger partial charge on any atom is 0.366 e. The molecule has 2 aromatic carbocycles. The minimum absolute atomic E-state index is 0.127. The van der Waals surface area contributed by atoms with E-state index < -0.39 is 16.8 Å². The highest BCUT2D eigenvalue weighted by Gasteiger charge is 2.71. The Hall–Kier alpha value is -1.89. The van der Waals surface area contributed by atoms with Crippen LogP contribution in [0.2, 0.25) is 10.0 Å². The van der Waals surface area contributed by atoms with Gasteiger partial charge in [-0.3, -0.25) is 4.79 Å². The van der Waals surface area contributed by atoms with E-state index in [1.165, 1.54) is 0 Å². The first-order valence-electron chi connectivity index (χ1n) is 10.3. The number of nitrogens with zero attached hydrogens (tertiary/aromatic N) is 1. The van der Waals surface area contributed by atoms with Crippen molar-refractivity contribution in [1.29, 1.82) is 0 Å². The number of hydrogen-bond acceptors (Lipinski definition) is 4. The van der Waals surface area contributed by atoms with E-state index in [0.29, 0.717) is 38.6 Å². The fraction of sp³-hybridized carbons (Fsp3) is 0.375. The van der Waals surface area contributed by atoms with Crippen LogP contribution in [0, 0.1) is 16.2 Å². The predicted molar refractivity (Wildman–Crippen MR) is 130 cm³/mol. The van der Waals surface area contributed by atoms with E-state index in [4.69, 9.17) is 28.0 Å². The zero-order chi connectivity index (χ0) is 23.3. The van der Waals surface area contributed by atoms with Gasteiger partial charge in [-0.15, -0.1) is 0 Å². The summed E-state index contributed by atoms with van der Waals surface area (Å²) in [5.74, 6) is -0.670. The molecule has 0 aliphatic heterocycles. The second kappa shape index (κ2) is 8.15. The molecule has 4 rings (SSSR count). The number of oxime groups is 1. The lowest BCUT2D eigenvalue weighted by Gasteiger charge is -2.39. The number of carbonyl (C=O) groups excluding carboxylic acids is 2. The second-order valence-electron chi connectivity index (χ2n) is 9.19. The molecule has 2 aliphatic carbocycles. The van der Waals surface area contributed by atoms with Gasteiger partial charge in [-0.05, 0) is 64.5 Å². The summed E-state index contributed by atoms with van der Waals surface area (Å²) in [5.41, 5.74) is 0.110. The maximum atomic E-state index is 13.6. The van der Waals surface area contributed by atoms with Crippen LogP contribution < -0.4 is 5.32 Å². The van der Waals surface area contributed by atoms with E-state index in [9.17, 15) is 9.59 Å². The molecule has 2 saturated carbocycles. The van der Waals surface area contributed by atoms with E-state index in [-0.39, 0.29) is 11.3 Å². The summed E-state index contributed by atoms with van der Waals surface area (Å²) in [6.07, 6.45) is 1.88. The van der Waals surface area contributed by atoms with Crippen molar-refractivity contribution >= 4 is 62.4 Å². The molecule has 5 nitrogen and oxygen atoms in total. The average molecular weight is 538 g/mol. The molecule has 0 spiro atoms. The molecule has 0 radical (unpaired) electrons. The van der Waals surface area contributed by atoms with Crippen LogP contribution in [0.4, 0.5) is 5.69 Å². The highest BCUT2D eigenvalue weighted by Crippen LogP contribution is 2.71. The quantitative estimate of drug-likeness (QED) is 0.333. The average Bonchev–Trinajstić information content (AvgIpc) is 3.05. The van der Waals surface area contributed by atoms with Crippen LogP contribution in [0.25, 0.3) is 0 Å². The Morgan fingerprint density at radius 3 is 2.53 bits per heavy atom. The summed E-state index contributed by atoms with van der Waals surface area (Å²) >= 11 is 15.7. The van der Waals surface area contributed by atoms with Crippen LogP contribution >= 0.6 is 39.1 Å². The zero-order valence-corrected chi connectivity index (χ0v) is 21.1. The van der Waals surface area contributed by atoms with Crippen molar-refractivity contribution in [2.75, 3.05) is 5.32 Å². The zero-order valence-electron chi connectivity index (χ0n) is 18.0. The molecule has 2 unspecified atom stereocenters. The number of amides is 1. The molecule has 2 atom stereocenters. The number of rotatable bonds is 4. The summed E-state index contributed by atoms with van der Waals surface area (Å²) in [6, 6.07) is 12.0. The SMILES string of the molecule is CC12CCC(C(=O)Nc3cc(Cl)ccc3Cl)(C/C1=N\OC(=O)c1ccccc1Br)C2(C)C. The van der Waals surface area contributed by atoms with Gasteiger partial charge in [0.15, 0.2) is 0 Å². The molecular weight excluding hydrogens is 515 g/mol. The van der Waals surface area contributed by atoms with Crippen molar-refractivity contribution in [2.24, 2.45) is 21.4 Å². The number of anilines is 1. The standard InChI is InChI=1S/C24H23BrCl2N2O3/c1-22(2)23(3)10-11-24(22,21(31)28-18-12-14(26)8-9-17(18)27)13-19(23)29-32-20(30)15-6-4-5-7-16(15)25/h4-9,12H,10-11,13H2,1-3H3,(H,28,31)/b29-19+. The van der Waals surface area contributed by atoms with Crippen molar-refractivity contribution in [3.63, 3.8) is 0 Å². The van der Waals surface area contributed by atoms with E-state index in [0.717, 1.165) is 12.1 Å². The first kappa shape index (κ1) is 23.3. The van der Waals surface area contributed by atoms with Crippen LogP contribution in [0.15, 0.2) is 52.1 Å². The summed E-state index contributed by atoms with van der Waals surface area (Å²) in [6.45, 7) is 6.25. The van der Waals surface area contributed by atoms with Crippen LogP contribution in [-0.4, -0.2) is 17.6 Å². The lowest BCUT2D eigenvalue weighted by atomic mass is 9.64. The molecule has 2 fully saturated rings. The molecule has 0 aromatic heterocycles. The van der Waals surface area contributed by atoms with E-state index >= 15 is 0 Å². The monoisotopic (exact) mass is 536 g/mol. The lowest BCUT2D eigenvalue weighted by molar-refractivity contribution is -0.130. The van der Waals surface area contributed by atoms with Gasteiger partial charge in [0.25, 0.3) is 0 Å². The van der Waals surface area contributed by atoms with Crippen LogP contribution in [0.1, 0.15) is 50.4 Å². The third-order valence-electron chi connectivity index (χ3n) is 7.68. The Bertz CT molecular complexity index is 1150. The molecule has 1 N–H and O–H groups in total. The summed E-state index contributed by atoms with van der Waals surface area (Å²) in [5, 5.41) is 8.17. The highest BCUT2D eigenvalue weighted by molar-refractivity contribution is 9.10. The Morgan fingerprint density at radius 2 is 1.81 bits per heavy atom.